The van der Waals surface area contributed by atoms with Gasteiger partial charge in [0.25, 0.3) is 0 Å². The average Bonchev–Trinajstić information content (AvgIpc) is 2.46. The highest BCUT2D eigenvalue weighted by molar-refractivity contribution is 9.10. The van der Waals surface area contributed by atoms with Crippen molar-refractivity contribution in [3.05, 3.63) is 28.2 Å². The Morgan fingerprint density at radius 3 is 2.74 bits per heavy atom. The van der Waals surface area contributed by atoms with Crippen molar-refractivity contribution in [2.24, 2.45) is 17.6 Å². The van der Waals surface area contributed by atoms with E-state index in [4.69, 9.17) is 5.73 Å². The minimum absolute atomic E-state index is 0.624. The van der Waals surface area contributed by atoms with Crippen LogP contribution in [0.1, 0.15) is 37.7 Å². The number of nitrogens with two attached hydrogens (primary N) is 1. The summed E-state index contributed by atoms with van der Waals surface area (Å²) in [6, 6.07) is 6.54. The topological polar surface area (TPSA) is 29.3 Å². The Hall–Kier alpha value is -0.540. The fraction of sp³-hybridized carbons (Fsp3) is 0.625. The second-order valence-electron chi connectivity index (χ2n) is 6.02. The van der Waals surface area contributed by atoms with Crippen LogP contribution in [0.3, 0.4) is 0 Å². The molecular weight excluding hydrogens is 300 g/mol. The molecular formula is C16H23BrN2. The highest BCUT2D eigenvalue weighted by Crippen LogP contribution is 2.38. The Labute approximate surface area is 124 Å². The van der Waals surface area contributed by atoms with Crippen LogP contribution in [0.25, 0.3) is 0 Å². The number of fused-ring (bicyclic) bond motifs is 1. The molecule has 2 atom stereocenters. The van der Waals surface area contributed by atoms with Gasteiger partial charge < -0.3 is 10.6 Å². The van der Waals surface area contributed by atoms with Crippen LogP contribution in [0.5, 0.6) is 0 Å². The van der Waals surface area contributed by atoms with Gasteiger partial charge >= 0.3 is 0 Å². The van der Waals surface area contributed by atoms with Crippen molar-refractivity contribution in [3.8, 4) is 0 Å². The third-order valence-corrected chi connectivity index (χ3v) is 5.39. The molecule has 2 fully saturated rings. The monoisotopic (exact) mass is 322 g/mol. The van der Waals surface area contributed by atoms with Crippen LogP contribution in [0.2, 0.25) is 0 Å². The lowest BCUT2D eigenvalue weighted by Gasteiger charge is -2.43. The molecule has 1 aliphatic carbocycles. The van der Waals surface area contributed by atoms with Gasteiger partial charge in [-0.05, 0) is 48.4 Å². The fourth-order valence-corrected chi connectivity index (χ4v) is 4.25. The summed E-state index contributed by atoms with van der Waals surface area (Å²) in [5.41, 5.74) is 8.53. The molecule has 1 aliphatic heterocycles. The summed E-state index contributed by atoms with van der Waals surface area (Å²) in [4.78, 5) is 2.57. The predicted molar refractivity (Wildman–Crippen MR) is 84.3 cm³/mol. The van der Waals surface area contributed by atoms with Crippen molar-refractivity contribution in [2.75, 3.05) is 18.0 Å². The van der Waals surface area contributed by atoms with Gasteiger partial charge in [0.1, 0.15) is 0 Å². The van der Waals surface area contributed by atoms with Crippen molar-refractivity contribution in [1.82, 2.24) is 0 Å². The maximum atomic E-state index is 5.91. The summed E-state index contributed by atoms with van der Waals surface area (Å²) in [7, 11) is 0. The van der Waals surface area contributed by atoms with E-state index in [0.717, 1.165) is 16.3 Å². The van der Waals surface area contributed by atoms with E-state index < -0.39 is 0 Å². The minimum atomic E-state index is 0.624. The van der Waals surface area contributed by atoms with Gasteiger partial charge in [0, 0.05) is 29.8 Å². The van der Waals surface area contributed by atoms with E-state index >= 15 is 0 Å². The molecule has 104 valence electrons. The first-order valence-electron chi connectivity index (χ1n) is 7.51. The Bertz CT molecular complexity index is 446. The number of rotatable bonds is 2. The van der Waals surface area contributed by atoms with Crippen LogP contribution in [-0.4, -0.2) is 13.1 Å². The Balaban J connectivity index is 1.79. The third-order valence-electron chi connectivity index (χ3n) is 4.89. The van der Waals surface area contributed by atoms with E-state index in [1.807, 2.05) is 0 Å². The molecule has 2 nitrogen and oxygen atoms in total. The predicted octanol–water partition coefficient (Wildman–Crippen LogP) is 3.92. The molecule has 0 spiro atoms. The molecule has 0 amide bonds. The number of anilines is 1. The summed E-state index contributed by atoms with van der Waals surface area (Å²) in [5, 5.41) is 0. The second-order valence-corrected chi connectivity index (χ2v) is 6.93. The minimum Gasteiger partial charge on any atom is -0.371 e. The van der Waals surface area contributed by atoms with Crippen LogP contribution in [-0.2, 0) is 6.54 Å². The molecule has 3 heteroatoms. The summed E-state index contributed by atoms with van der Waals surface area (Å²) >= 11 is 3.54. The van der Waals surface area contributed by atoms with Gasteiger partial charge in [-0.2, -0.15) is 0 Å². The molecule has 1 saturated heterocycles. The van der Waals surface area contributed by atoms with E-state index in [2.05, 4.69) is 39.0 Å². The number of hydrogen-bond acceptors (Lipinski definition) is 2. The van der Waals surface area contributed by atoms with Crippen LogP contribution >= 0.6 is 15.9 Å². The number of piperidine rings is 1. The molecule has 2 N–H and O–H groups in total. The Morgan fingerprint density at radius 1 is 1.16 bits per heavy atom. The normalized spacial score (nSPS) is 27.2. The molecule has 1 aromatic rings. The number of benzene rings is 1. The molecule has 2 aliphatic rings. The maximum Gasteiger partial charge on any atom is 0.0412 e. The molecule has 0 radical (unpaired) electrons. The van der Waals surface area contributed by atoms with Crippen molar-refractivity contribution in [3.63, 3.8) is 0 Å². The van der Waals surface area contributed by atoms with Crippen LogP contribution in [0.4, 0.5) is 5.69 Å². The SMILES string of the molecule is NCc1cc(Br)ccc1N1CCC2CCCCC2C1. The molecule has 0 bridgehead atoms. The largest absolute Gasteiger partial charge is 0.371 e. The summed E-state index contributed by atoms with van der Waals surface area (Å²) < 4.78 is 1.13. The molecule has 0 aromatic heterocycles. The van der Waals surface area contributed by atoms with Gasteiger partial charge in [-0.1, -0.05) is 35.2 Å². The number of nitrogens with zero attached hydrogens (tertiary/aromatic N) is 1. The maximum absolute atomic E-state index is 5.91. The van der Waals surface area contributed by atoms with Gasteiger partial charge in [0.2, 0.25) is 0 Å². The van der Waals surface area contributed by atoms with Gasteiger partial charge in [-0.25, -0.2) is 0 Å². The van der Waals surface area contributed by atoms with Gasteiger partial charge in [0.15, 0.2) is 0 Å². The van der Waals surface area contributed by atoms with Crippen LogP contribution < -0.4 is 10.6 Å². The molecule has 2 unspecified atom stereocenters. The lowest BCUT2D eigenvalue weighted by molar-refractivity contribution is 0.202. The highest BCUT2D eigenvalue weighted by Gasteiger charge is 2.31. The van der Waals surface area contributed by atoms with E-state index in [-0.39, 0.29) is 0 Å². The lowest BCUT2D eigenvalue weighted by Crippen LogP contribution is -2.42. The molecule has 1 saturated carbocycles. The Morgan fingerprint density at radius 2 is 1.95 bits per heavy atom. The first-order chi connectivity index (χ1) is 9.28. The first kappa shape index (κ1) is 13.4. The molecule has 1 heterocycles. The zero-order valence-corrected chi connectivity index (χ0v) is 13.0. The van der Waals surface area contributed by atoms with Gasteiger partial charge in [-0.15, -0.1) is 0 Å². The fourth-order valence-electron chi connectivity index (χ4n) is 3.85. The first-order valence-corrected chi connectivity index (χ1v) is 8.30. The molecule has 1 aromatic carbocycles. The second kappa shape index (κ2) is 5.84. The number of hydrogen-bond donors (Lipinski definition) is 1. The molecule has 19 heavy (non-hydrogen) atoms. The average molecular weight is 323 g/mol. The van der Waals surface area contributed by atoms with E-state index in [9.17, 15) is 0 Å². The van der Waals surface area contributed by atoms with Gasteiger partial charge in [-0.3, -0.25) is 0 Å². The highest BCUT2D eigenvalue weighted by atomic mass is 79.9. The number of halogens is 1. The van der Waals surface area contributed by atoms with E-state index in [1.54, 1.807) is 0 Å². The van der Waals surface area contributed by atoms with Crippen molar-refractivity contribution in [1.29, 1.82) is 0 Å². The smallest absolute Gasteiger partial charge is 0.0412 e. The standard InChI is InChI=1S/C16H23BrN2/c17-15-5-6-16(14(9-15)10-18)19-8-7-12-3-1-2-4-13(12)11-19/h5-6,9,12-13H,1-4,7-8,10-11,18H2. The third kappa shape index (κ3) is 2.82. The van der Waals surface area contributed by atoms with E-state index in [1.165, 1.54) is 56.4 Å². The molecule has 3 rings (SSSR count). The zero-order chi connectivity index (χ0) is 13.2. The van der Waals surface area contributed by atoms with Crippen molar-refractivity contribution in [2.45, 2.75) is 38.6 Å². The van der Waals surface area contributed by atoms with Crippen LogP contribution in [0.15, 0.2) is 22.7 Å². The summed E-state index contributed by atoms with van der Waals surface area (Å²) in [6.45, 7) is 3.06. The quantitative estimate of drug-likeness (QED) is 0.894. The summed E-state index contributed by atoms with van der Waals surface area (Å²) in [5.74, 6) is 1.90. The summed E-state index contributed by atoms with van der Waals surface area (Å²) in [6.07, 6.45) is 7.13. The zero-order valence-electron chi connectivity index (χ0n) is 11.4. The van der Waals surface area contributed by atoms with Crippen LogP contribution in [0, 0.1) is 11.8 Å². The van der Waals surface area contributed by atoms with Crippen molar-refractivity contribution >= 4 is 21.6 Å². The van der Waals surface area contributed by atoms with Gasteiger partial charge in [0.05, 0.1) is 0 Å². The Kier molecular flexibility index (Phi) is 4.13. The van der Waals surface area contributed by atoms with E-state index in [0.29, 0.717) is 6.54 Å². The van der Waals surface area contributed by atoms with Crippen molar-refractivity contribution < 1.29 is 0 Å². The lowest BCUT2D eigenvalue weighted by atomic mass is 9.75.